The molecule has 0 fully saturated rings. The van der Waals surface area contributed by atoms with Crippen molar-refractivity contribution < 1.29 is 9.90 Å². The molecule has 0 aliphatic carbocycles. The molecular formula is C11H16N2O2. The Kier molecular flexibility index (Phi) is 4.27. The first-order chi connectivity index (χ1) is 7.08. The van der Waals surface area contributed by atoms with E-state index in [1.165, 1.54) is 0 Å². The van der Waals surface area contributed by atoms with Gasteiger partial charge in [0, 0.05) is 20.6 Å². The van der Waals surface area contributed by atoms with Gasteiger partial charge in [-0.3, -0.25) is 15.2 Å². The van der Waals surface area contributed by atoms with E-state index in [2.05, 4.69) is 5.43 Å². The molecule has 0 heterocycles. The topological polar surface area (TPSA) is 52.6 Å². The van der Waals surface area contributed by atoms with Gasteiger partial charge in [-0.2, -0.15) is 0 Å². The number of carbonyl (C=O) groups is 1. The Balaban J connectivity index is 2.52. The fourth-order valence-corrected chi connectivity index (χ4v) is 1.20. The van der Waals surface area contributed by atoms with Crippen molar-refractivity contribution >= 4 is 5.97 Å². The molecule has 1 aromatic rings. The van der Waals surface area contributed by atoms with Crippen LogP contribution in [0.25, 0.3) is 0 Å². The molecule has 0 saturated heterocycles. The van der Waals surface area contributed by atoms with Crippen LogP contribution in [0.5, 0.6) is 0 Å². The SMILES string of the molecule is CN(C)NCc1ccc(CC(=O)O)cc1. The van der Waals surface area contributed by atoms with Gasteiger partial charge in [0.1, 0.15) is 0 Å². The van der Waals surface area contributed by atoms with Crippen molar-refractivity contribution in [3.8, 4) is 0 Å². The predicted molar refractivity (Wildman–Crippen MR) is 58.3 cm³/mol. The van der Waals surface area contributed by atoms with Gasteiger partial charge in [-0.05, 0) is 11.1 Å². The van der Waals surface area contributed by atoms with Crippen LogP contribution in [-0.4, -0.2) is 30.2 Å². The van der Waals surface area contributed by atoms with E-state index in [1.807, 2.05) is 43.4 Å². The van der Waals surface area contributed by atoms with Crippen molar-refractivity contribution in [1.29, 1.82) is 0 Å². The van der Waals surface area contributed by atoms with E-state index in [-0.39, 0.29) is 6.42 Å². The summed E-state index contributed by atoms with van der Waals surface area (Å²) in [7, 11) is 3.86. The molecule has 0 radical (unpaired) electrons. The number of carboxylic acid groups (broad SMARTS) is 1. The van der Waals surface area contributed by atoms with E-state index >= 15 is 0 Å². The van der Waals surface area contributed by atoms with Gasteiger partial charge in [0.2, 0.25) is 0 Å². The number of nitrogens with one attached hydrogen (secondary N) is 1. The lowest BCUT2D eigenvalue weighted by molar-refractivity contribution is -0.136. The molecule has 2 N–H and O–H groups in total. The average molecular weight is 208 g/mol. The molecule has 0 saturated carbocycles. The Morgan fingerprint density at radius 3 is 2.27 bits per heavy atom. The van der Waals surface area contributed by atoms with Crippen LogP contribution in [0.4, 0.5) is 0 Å². The number of rotatable bonds is 5. The molecule has 0 unspecified atom stereocenters. The van der Waals surface area contributed by atoms with E-state index in [9.17, 15) is 4.79 Å². The van der Waals surface area contributed by atoms with Crippen molar-refractivity contribution in [3.63, 3.8) is 0 Å². The van der Waals surface area contributed by atoms with Gasteiger partial charge in [-0.15, -0.1) is 0 Å². The number of hydrogen-bond donors (Lipinski definition) is 2. The molecule has 0 aliphatic rings. The second-order valence-electron chi connectivity index (χ2n) is 3.62. The molecule has 0 spiro atoms. The smallest absolute Gasteiger partial charge is 0.307 e. The Hall–Kier alpha value is -1.39. The number of carboxylic acids is 1. The minimum atomic E-state index is -0.797. The highest BCUT2D eigenvalue weighted by Gasteiger charge is 2.00. The van der Waals surface area contributed by atoms with Gasteiger partial charge < -0.3 is 5.11 Å². The molecule has 4 nitrogen and oxygen atoms in total. The van der Waals surface area contributed by atoms with Crippen LogP contribution in [0.1, 0.15) is 11.1 Å². The number of aliphatic carboxylic acids is 1. The van der Waals surface area contributed by atoms with Crippen LogP contribution in [0.2, 0.25) is 0 Å². The van der Waals surface area contributed by atoms with Crippen molar-refractivity contribution in [2.24, 2.45) is 0 Å². The van der Waals surface area contributed by atoms with E-state index in [0.29, 0.717) is 0 Å². The second kappa shape index (κ2) is 5.48. The largest absolute Gasteiger partial charge is 0.481 e. The first-order valence-electron chi connectivity index (χ1n) is 4.78. The highest BCUT2D eigenvalue weighted by atomic mass is 16.4. The monoisotopic (exact) mass is 208 g/mol. The quantitative estimate of drug-likeness (QED) is 0.705. The first-order valence-corrected chi connectivity index (χ1v) is 4.78. The maximum atomic E-state index is 10.4. The molecule has 0 aromatic heterocycles. The summed E-state index contributed by atoms with van der Waals surface area (Å²) < 4.78 is 0. The van der Waals surface area contributed by atoms with Crippen LogP contribution in [0, 0.1) is 0 Å². The fraction of sp³-hybridized carbons (Fsp3) is 0.364. The van der Waals surface area contributed by atoms with Gasteiger partial charge in [0.15, 0.2) is 0 Å². The Labute approximate surface area is 89.5 Å². The van der Waals surface area contributed by atoms with Gasteiger partial charge in [0.25, 0.3) is 0 Å². The van der Waals surface area contributed by atoms with Crippen molar-refractivity contribution in [2.45, 2.75) is 13.0 Å². The third kappa shape index (κ3) is 4.58. The molecular weight excluding hydrogens is 192 g/mol. The zero-order valence-corrected chi connectivity index (χ0v) is 9.03. The standard InChI is InChI=1S/C11H16N2O2/c1-13(2)12-8-10-5-3-9(4-6-10)7-11(14)15/h3-6,12H,7-8H2,1-2H3,(H,14,15). The second-order valence-corrected chi connectivity index (χ2v) is 3.62. The predicted octanol–water partition coefficient (Wildman–Crippen LogP) is 0.880. The average Bonchev–Trinajstić information content (AvgIpc) is 2.16. The Morgan fingerprint density at radius 1 is 1.27 bits per heavy atom. The van der Waals surface area contributed by atoms with E-state index < -0.39 is 5.97 Å². The summed E-state index contributed by atoms with van der Waals surface area (Å²) in [4.78, 5) is 10.4. The lowest BCUT2D eigenvalue weighted by atomic mass is 10.1. The van der Waals surface area contributed by atoms with Crippen LogP contribution >= 0.6 is 0 Å². The van der Waals surface area contributed by atoms with Crippen LogP contribution < -0.4 is 5.43 Å². The number of benzene rings is 1. The number of hydrogen-bond acceptors (Lipinski definition) is 3. The summed E-state index contributed by atoms with van der Waals surface area (Å²) in [5.41, 5.74) is 5.11. The van der Waals surface area contributed by atoms with Gasteiger partial charge in [0.05, 0.1) is 6.42 Å². The molecule has 0 atom stereocenters. The van der Waals surface area contributed by atoms with E-state index in [4.69, 9.17) is 5.11 Å². The fourth-order valence-electron chi connectivity index (χ4n) is 1.20. The van der Waals surface area contributed by atoms with Crippen LogP contribution in [-0.2, 0) is 17.8 Å². The van der Waals surface area contributed by atoms with Crippen molar-refractivity contribution in [3.05, 3.63) is 35.4 Å². The molecule has 0 aliphatic heterocycles. The van der Waals surface area contributed by atoms with E-state index in [1.54, 1.807) is 0 Å². The van der Waals surface area contributed by atoms with Gasteiger partial charge >= 0.3 is 5.97 Å². The van der Waals surface area contributed by atoms with Gasteiger partial charge in [-0.1, -0.05) is 24.3 Å². The zero-order chi connectivity index (χ0) is 11.3. The minimum absolute atomic E-state index is 0.0847. The molecule has 0 amide bonds. The van der Waals surface area contributed by atoms with Crippen molar-refractivity contribution in [2.75, 3.05) is 14.1 Å². The summed E-state index contributed by atoms with van der Waals surface area (Å²) >= 11 is 0. The maximum absolute atomic E-state index is 10.4. The Bertz CT molecular complexity index is 320. The number of hydrazine groups is 1. The summed E-state index contributed by atoms with van der Waals surface area (Å²) in [6.45, 7) is 0.750. The van der Waals surface area contributed by atoms with E-state index in [0.717, 1.165) is 17.7 Å². The summed E-state index contributed by atoms with van der Waals surface area (Å²) in [5, 5.41) is 10.5. The third-order valence-electron chi connectivity index (χ3n) is 1.98. The molecule has 82 valence electrons. The molecule has 15 heavy (non-hydrogen) atoms. The molecule has 4 heteroatoms. The summed E-state index contributed by atoms with van der Waals surface area (Å²) in [6.07, 6.45) is 0.0847. The lowest BCUT2D eigenvalue weighted by Crippen LogP contribution is -2.29. The summed E-state index contributed by atoms with van der Waals surface area (Å²) in [5.74, 6) is -0.797. The highest BCUT2D eigenvalue weighted by Crippen LogP contribution is 2.05. The Morgan fingerprint density at radius 2 is 1.80 bits per heavy atom. The van der Waals surface area contributed by atoms with Crippen molar-refractivity contribution in [1.82, 2.24) is 10.4 Å². The molecule has 1 rings (SSSR count). The van der Waals surface area contributed by atoms with Crippen LogP contribution in [0.3, 0.4) is 0 Å². The van der Waals surface area contributed by atoms with Crippen LogP contribution in [0.15, 0.2) is 24.3 Å². The highest BCUT2D eigenvalue weighted by molar-refractivity contribution is 5.70. The van der Waals surface area contributed by atoms with Gasteiger partial charge in [-0.25, -0.2) is 0 Å². The zero-order valence-electron chi connectivity index (χ0n) is 9.03. The lowest BCUT2D eigenvalue weighted by Gasteiger charge is -2.11. The third-order valence-corrected chi connectivity index (χ3v) is 1.98. The maximum Gasteiger partial charge on any atom is 0.307 e. The number of nitrogens with zero attached hydrogens (tertiary/aromatic N) is 1. The summed E-state index contributed by atoms with van der Waals surface area (Å²) in [6, 6.07) is 7.57. The minimum Gasteiger partial charge on any atom is -0.481 e. The molecule has 1 aromatic carbocycles. The first kappa shape index (κ1) is 11.7. The normalized spacial score (nSPS) is 10.6. The molecule has 0 bridgehead atoms.